The molecule has 38 heavy (non-hydrogen) atoms. The molecular formula is C30H35BrN4O3. The van der Waals surface area contributed by atoms with Crippen molar-refractivity contribution in [3.63, 3.8) is 0 Å². The fourth-order valence-electron chi connectivity index (χ4n) is 5.48. The maximum Gasteiger partial charge on any atom is 0.410 e. The number of rotatable bonds is 4. The van der Waals surface area contributed by atoms with E-state index in [-0.39, 0.29) is 17.9 Å². The summed E-state index contributed by atoms with van der Waals surface area (Å²) in [5.74, 6) is 0.491. The molecule has 0 spiro atoms. The molecule has 2 aromatic carbocycles. The molecule has 2 aliphatic heterocycles. The number of halogens is 1. The van der Waals surface area contributed by atoms with Crippen molar-refractivity contribution in [2.45, 2.75) is 57.5 Å². The molecule has 5 rings (SSSR count). The number of aromatic nitrogens is 2. The Labute approximate surface area is 232 Å². The van der Waals surface area contributed by atoms with Crippen molar-refractivity contribution in [3.8, 4) is 5.69 Å². The van der Waals surface area contributed by atoms with Gasteiger partial charge in [-0.05, 0) is 69.9 Å². The van der Waals surface area contributed by atoms with Gasteiger partial charge < -0.3 is 14.5 Å². The highest BCUT2D eigenvalue weighted by atomic mass is 79.9. The highest BCUT2D eigenvalue weighted by Crippen LogP contribution is 2.35. The lowest BCUT2D eigenvalue weighted by Gasteiger charge is -2.34. The molecule has 3 aromatic rings. The molecule has 2 amide bonds. The zero-order valence-corrected chi connectivity index (χ0v) is 23.9. The van der Waals surface area contributed by atoms with Crippen LogP contribution < -0.4 is 0 Å². The minimum absolute atomic E-state index is 0.0383. The van der Waals surface area contributed by atoms with Crippen molar-refractivity contribution in [3.05, 3.63) is 82.1 Å². The lowest BCUT2D eigenvalue weighted by atomic mass is 9.90. The molecule has 0 aliphatic carbocycles. The SMILES string of the molecule is CC(C)(C)OC(=O)N1CCC(c2c(C(=O)N3CCC(c4ccccc4)C3)cnn2-c2ccc(Br)cc2)CC1. The average Bonchev–Trinajstić information content (AvgIpc) is 3.57. The predicted octanol–water partition coefficient (Wildman–Crippen LogP) is 6.38. The van der Waals surface area contributed by atoms with Gasteiger partial charge in [-0.3, -0.25) is 4.79 Å². The number of likely N-dealkylation sites (tertiary alicyclic amines) is 2. The molecule has 2 aliphatic rings. The van der Waals surface area contributed by atoms with Crippen LogP contribution in [0.4, 0.5) is 4.79 Å². The molecule has 2 saturated heterocycles. The first-order valence-corrected chi connectivity index (χ1v) is 14.1. The number of hydrogen-bond acceptors (Lipinski definition) is 4. The third kappa shape index (κ3) is 5.80. The summed E-state index contributed by atoms with van der Waals surface area (Å²) in [5.41, 5.74) is 3.27. The number of carbonyl (C=O) groups excluding carboxylic acids is 2. The molecule has 2 fully saturated rings. The number of hydrogen-bond donors (Lipinski definition) is 0. The summed E-state index contributed by atoms with van der Waals surface area (Å²) in [4.78, 5) is 30.3. The molecule has 1 aromatic heterocycles. The van der Waals surface area contributed by atoms with Crippen LogP contribution in [-0.2, 0) is 4.74 Å². The summed E-state index contributed by atoms with van der Waals surface area (Å²) in [7, 11) is 0. The smallest absolute Gasteiger partial charge is 0.410 e. The third-order valence-corrected chi connectivity index (χ3v) is 7.92. The van der Waals surface area contributed by atoms with Crippen LogP contribution >= 0.6 is 15.9 Å². The quantitative estimate of drug-likeness (QED) is 0.360. The standard InChI is InChI=1S/C30H35BrN4O3/c1-30(2,3)38-29(37)33-16-13-22(14-17-33)27-26(19-32-35(27)25-11-9-24(31)10-12-25)28(36)34-18-15-23(20-34)21-7-5-4-6-8-21/h4-12,19,22-23H,13-18,20H2,1-3H3. The van der Waals surface area contributed by atoms with E-state index in [9.17, 15) is 9.59 Å². The Morgan fingerprint density at radius 3 is 2.18 bits per heavy atom. The highest BCUT2D eigenvalue weighted by Gasteiger charge is 2.35. The molecule has 0 saturated carbocycles. The fraction of sp³-hybridized carbons (Fsp3) is 0.433. The monoisotopic (exact) mass is 578 g/mol. The molecular weight excluding hydrogens is 544 g/mol. The van der Waals surface area contributed by atoms with Crippen molar-refractivity contribution >= 4 is 27.9 Å². The van der Waals surface area contributed by atoms with Crippen LogP contribution in [0.2, 0.25) is 0 Å². The first-order valence-electron chi connectivity index (χ1n) is 13.4. The molecule has 0 radical (unpaired) electrons. The Morgan fingerprint density at radius 2 is 1.53 bits per heavy atom. The van der Waals surface area contributed by atoms with Gasteiger partial charge in [0.1, 0.15) is 5.60 Å². The minimum Gasteiger partial charge on any atom is -0.444 e. The van der Waals surface area contributed by atoms with Gasteiger partial charge in [-0.2, -0.15) is 5.10 Å². The summed E-state index contributed by atoms with van der Waals surface area (Å²) in [6.45, 7) is 8.26. The van der Waals surface area contributed by atoms with E-state index >= 15 is 0 Å². The van der Waals surface area contributed by atoms with Crippen molar-refractivity contribution in [1.82, 2.24) is 19.6 Å². The van der Waals surface area contributed by atoms with Crippen LogP contribution in [0.15, 0.2) is 65.3 Å². The Bertz CT molecular complexity index is 1280. The Kier molecular flexibility index (Phi) is 7.61. The zero-order chi connectivity index (χ0) is 26.9. The highest BCUT2D eigenvalue weighted by molar-refractivity contribution is 9.10. The fourth-order valence-corrected chi connectivity index (χ4v) is 5.74. The Balaban J connectivity index is 1.39. The van der Waals surface area contributed by atoms with Gasteiger partial charge in [-0.25, -0.2) is 9.48 Å². The molecule has 8 heteroatoms. The van der Waals surface area contributed by atoms with Crippen LogP contribution in [0.3, 0.4) is 0 Å². The van der Waals surface area contributed by atoms with E-state index < -0.39 is 5.60 Å². The van der Waals surface area contributed by atoms with E-state index in [2.05, 4.69) is 40.2 Å². The molecule has 0 N–H and O–H groups in total. The summed E-state index contributed by atoms with van der Waals surface area (Å²) in [5, 5.41) is 4.71. The number of piperidine rings is 1. The average molecular weight is 580 g/mol. The van der Waals surface area contributed by atoms with Crippen LogP contribution in [0.5, 0.6) is 0 Å². The normalized spacial score (nSPS) is 18.6. The summed E-state index contributed by atoms with van der Waals surface area (Å²) in [6, 6.07) is 18.4. The van der Waals surface area contributed by atoms with E-state index in [1.54, 1.807) is 11.1 Å². The van der Waals surface area contributed by atoms with Gasteiger partial charge in [0.15, 0.2) is 0 Å². The van der Waals surface area contributed by atoms with Gasteiger partial charge in [0.25, 0.3) is 5.91 Å². The van der Waals surface area contributed by atoms with E-state index in [0.29, 0.717) is 31.1 Å². The Morgan fingerprint density at radius 1 is 0.895 bits per heavy atom. The molecule has 0 bridgehead atoms. The van der Waals surface area contributed by atoms with Gasteiger partial charge in [0.05, 0.1) is 23.1 Å². The Hall–Kier alpha value is -3.13. The van der Waals surface area contributed by atoms with Crippen LogP contribution in [0.25, 0.3) is 5.69 Å². The van der Waals surface area contributed by atoms with Crippen molar-refractivity contribution in [1.29, 1.82) is 0 Å². The first kappa shape index (κ1) is 26.5. The number of benzene rings is 2. The maximum atomic E-state index is 13.9. The molecule has 7 nitrogen and oxygen atoms in total. The van der Waals surface area contributed by atoms with E-state index in [0.717, 1.165) is 41.7 Å². The third-order valence-electron chi connectivity index (χ3n) is 7.39. The number of ether oxygens (including phenoxy) is 1. The zero-order valence-electron chi connectivity index (χ0n) is 22.3. The van der Waals surface area contributed by atoms with Crippen LogP contribution in [0, 0.1) is 0 Å². The van der Waals surface area contributed by atoms with Gasteiger partial charge in [0.2, 0.25) is 0 Å². The molecule has 1 unspecified atom stereocenters. The van der Waals surface area contributed by atoms with Gasteiger partial charge in [-0.1, -0.05) is 46.3 Å². The van der Waals surface area contributed by atoms with E-state index in [1.807, 2.05) is 60.7 Å². The van der Waals surface area contributed by atoms with E-state index in [1.165, 1.54) is 5.56 Å². The number of amides is 2. The minimum atomic E-state index is -0.527. The second kappa shape index (κ2) is 10.9. The van der Waals surface area contributed by atoms with Gasteiger partial charge >= 0.3 is 6.09 Å². The van der Waals surface area contributed by atoms with Crippen molar-refractivity contribution in [2.75, 3.05) is 26.2 Å². The number of nitrogens with zero attached hydrogens (tertiary/aromatic N) is 4. The van der Waals surface area contributed by atoms with Crippen molar-refractivity contribution in [2.24, 2.45) is 0 Å². The van der Waals surface area contributed by atoms with E-state index in [4.69, 9.17) is 9.84 Å². The summed E-state index contributed by atoms with van der Waals surface area (Å²) < 4.78 is 8.49. The van der Waals surface area contributed by atoms with Gasteiger partial charge in [0, 0.05) is 42.5 Å². The van der Waals surface area contributed by atoms with Gasteiger partial charge in [-0.15, -0.1) is 0 Å². The lowest BCUT2D eigenvalue weighted by Crippen LogP contribution is -2.41. The summed E-state index contributed by atoms with van der Waals surface area (Å²) >= 11 is 3.51. The van der Waals surface area contributed by atoms with Crippen LogP contribution in [0.1, 0.15) is 73.5 Å². The molecule has 200 valence electrons. The second-order valence-corrected chi connectivity index (χ2v) is 12.1. The van der Waals surface area contributed by atoms with Crippen molar-refractivity contribution < 1.29 is 14.3 Å². The van der Waals surface area contributed by atoms with Crippen LogP contribution in [-0.4, -0.2) is 63.4 Å². The molecule has 1 atom stereocenters. The first-order chi connectivity index (χ1) is 18.2. The number of carbonyl (C=O) groups is 2. The molecule has 3 heterocycles. The maximum absolute atomic E-state index is 13.9. The topological polar surface area (TPSA) is 67.7 Å². The lowest BCUT2D eigenvalue weighted by molar-refractivity contribution is 0.0203. The largest absolute Gasteiger partial charge is 0.444 e. The second-order valence-electron chi connectivity index (χ2n) is 11.2. The summed E-state index contributed by atoms with van der Waals surface area (Å²) in [6.07, 6.45) is 3.90. The predicted molar refractivity (Wildman–Crippen MR) is 151 cm³/mol.